The molecule has 7 heteroatoms. The molecule has 146 valence electrons. The van der Waals surface area contributed by atoms with Crippen molar-refractivity contribution in [3.05, 3.63) is 48.3 Å². The molecular weight excluding hydrogens is 352 g/mol. The van der Waals surface area contributed by atoms with Crippen molar-refractivity contribution in [2.75, 3.05) is 38.5 Å². The van der Waals surface area contributed by atoms with E-state index in [9.17, 15) is 4.79 Å². The van der Waals surface area contributed by atoms with Crippen LogP contribution < -0.4 is 11.1 Å². The fraction of sp³-hybridized carbons (Fsp3) is 0.381. The smallest absolute Gasteiger partial charge is 0.206 e. The van der Waals surface area contributed by atoms with Crippen LogP contribution in [0.5, 0.6) is 0 Å². The molecule has 0 radical (unpaired) electrons. The monoisotopic (exact) mass is 379 g/mol. The molecule has 4 rings (SSSR count). The minimum absolute atomic E-state index is 0.187. The maximum atomic E-state index is 12.3. The summed E-state index contributed by atoms with van der Waals surface area (Å²) in [6.07, 6.45) is 10.6. The predicted molar refractivity (Wildman–Crippen MR) is 112 cm³/mol. The van der Waals surface area contributed by atoms with Crippen LogP contribution in [0.2, 0.25) is 0 Å². The molecule has 0 spiro atoms. The second-order valence-electron chi connectivity index (χ2n) is 7.84. The summed E-state index contributed by atoms with van der Waals surface area (Å²) in [5.41, 5.74) is 8.05. The molecule has 1 saturated heterocycles. The first-order valence-corrected chi connectivity index (χ1v) is 9.87. The SMILES string of the molecule is C[N+]1(CCNc2nn3ccccc3c2N=C2C=CC(N)=CC2=O)CCCCC1. The highest BCUT2D eigenvalue weighted by Gasteiger charge is 2.24. The summed E-state index contributed by atoms with van der Waals surface area (Å²) in [7, 11) is 2.33. The molecule has 28 heavy (non-hydrogen) atoms. The van der Waals surface area contributed by atoms with Gasteiger partial charge >= 0.3 is 0 Å². The average molecular weight is 379 g/mol. The number of carbonyl (C=O) groups is 1. The number of hydrogen-bond acceptors (Lipinski definition) is 5. The van der Waals surface area contributed by atoms with E-state index in [1.807, 2.05) is 24.4 Å². The Hall–Kier alpha value is -2.93. The van der Waals surface area contributed by atoms with Crippen LogP contribution in [0.1, 0.15) is 19.3 Å². The van der Waals surface area contributed by atoms with Gasteiger partial charge in [-0.25, -0.2) is 9.51 Å². The first-order valence-electron chi connectivity index (χ1n) is 9.87. The van der Waals surface area contributed by atoms with Gasteiger partial charge in [0.2, 0.25) is 5.78 Å². The van der Waals surface area contributed by atoms with E-state index < -0.39 is 0 Å². The number of aliphatic imine (C=N–C) groups is 1. The number of carbonyl (C=O) groups excluding carboxylic acids is 1. The van der Waals surface area contributed by atoms with Crippen LogP contribution in [0.25, 0.3) is 5.52 Å². The molecule has 3 N–H and O–H groups in total. The lowest BCUT2D eigenvalue weighted by molar-refractivity contribution is -0.912. The number of pyridine rings is 1. The fourth-order valence-corrected chi connectivity index (χ4v) is 3.90. The van der Waals surface area contributed by atoms with Gasteiger partial charge in [-0.15, -0.1) is 5.10 Å². The summed E-state index contributed by atoms with van der Waals surface area (Å²) in [5.74, 6) is 0.513. The lowest BCUT2D eigenvalue weighted by atomic mass is 10.1. The minimum atomic E-state index is -0.187. The van der Waals surface area contributed by atoms with Crippen LogP contribution >= 0.6 is 0 Å². The van der Waals surface area contributed by atoms with Crippen molar-refractivity contribution < 1.29 is 9.28 Å². The number of aromatic nitrogens is 2. The van der Waals surface area contributed by atoms with E-state index in [1.165, 1.54) is 38.4 Å². The molecule has 1 fully saturated rings. The Morgan fingerprint density at radius 1 is 1.25 bits per heavy atom. The van der Waals surface area contributed by atoms with Crippen molar-refractivity contribution in [1.82, 2.24) is 9.61 Å². The third-order valence-electron chi connectivity index (χ3n) is 5.57. The molecular formula is C21H27N6O+. The lowest BCUT2D eigenvalue weighted by Gasteiger charge is -2.37. The summed E-state index contributed by atoms with van der Waals surface area (Å²) in [4.78, 5) is 16.9. The molecule has 0 amide bonds. The molecule has 3 heterocycles. The van der Waals surface area contributed by atoms with E-state index in [-0.39, 0.29) is 5.78 Å². The van der Waals surface area contributed by atoms with Crippen molar-refractivity contribution in [3.8, 4) is 0 Å². The molecule has 0 bridgehead atoms. The van der Waals surface area contributed by atoms with Gasteiger partial charge in [0, 0.05) is 18.0 Å². The second-order valence-corrected chi connectivity index (χ2v) is 7.84. The summed E-state index contributed by atoms with van der Waals surface area (Å²) < 4.78 is 2.88. The average Bonchev–Trinajstić information content (AvgIpc) is 3.02. The number of hydrogen-bond donors (Lipinski definition) is 2. The number of piperidine rings is 1. The van der Waals surface area contributed by atoms with Crippen LogP contribution in [0.15, 0.2) is 53.3 Å². The number of fused-ring (bicyclic) bond motifs is 1. The van der Waals surface area contributed by atoms with Crippen LogP contribution in [0.3, 0.4) is 0 Å². The van der Waals surface area contributed by atoms with Gasteiger partial charge in [-0.1, -0.05) is 6.07 Å². The lowest BCUT2D eigenvalue weighted by Crippen LogP contribution is -2.50. The minimum Gasteiger partial charge on any atom is -0.399 e. The number of nitrogens with one attached hydrogen (secondary N) is 1. The predicted octanol–water partition coefficient (Wildman–Crippen LogP) is 2.43. The Bertz CT molecular complexity index is 978. The third-order valence-corrected chi connectivity index (χ3v) is 5.57. The summed E-state index contributed by atoms with van der Waals surface area (Å²) >= 11 is 0. The fourth-order valence-electron chi connectivity index (χ4n) is 3.90. The van der Waals surface area contributed by atoms with Crippen LogP contribution in [0.4, 0.5) is 11.5 Å². The molecule has 0 unspecified atom stereocenters. The van der Waals surface area contributed by atoms with Crippen molar-refractivity contribution in [1.29, 1.82) is 0 Å². The number of likely N-dealkylation sites (N-methyl/N-ethyl adjacent to an activating group) is 1. The van der Waals surface area contributed by atoms with Crippen LogP contribution in [-0.4, -0.2) is 58.8 Å². The molecule has 0 saturated carbocycles. The zero-order chi connectivity index (χ0) is 19.6. The largest absolute Gasteiger partial charge is 0.399 e. The number of anilines is 1. The van der Waals surface area contributed by atoms with E-state index in [2.05, 4.69) is 22.5 Å². The van der Waals surface area contributed by atoms with Gasteiger partial charge < -0.3 is 15.5 Å². The molecule has 2 aromatic rings. The quantitative estimate of drug-likeness (QED) is 0.617. The first-order chi connectivity index (χ1) is 13.5. The van der Waals surface area contributed by atoms with Crippen LogP contribution in [0, 0.1) is 0 Å². The molecule has 1 aliphatic heterocycles. The van der Waals surface area contributed by atoms with Gasteiger partial charge in [0.25, 0.3) is 0 Å². The Labute approximate surface area is 164 Å². The summed E-state index contributed by atoms with van der Waals surface area (Å²) in [5, 5.41) is 8.10. The van der Waals surface area contributed by atoms with E-state index in [0.29, 0.717) is 22.9 Å². The van der Waals surface area contributed by atoms with Gasteiger partial charge in [0.1, 0.15) is 11.4 Å². The first kappa shape index (κ1) is 18.4. The maximum absolute atomic E-state index is 12.3. The summed E-state index contributed by atoms with van der Waals surface area (Å²) in [6.45, 7) is 4.32. The third kappa shape index (κ3) is 3.84. The standard InChI is InChI=1S/C21H26N6O/c1-27(12-5-2-6-13-27)14-10-23-21-20(18-7-3-4-11-26(18)25-21)24-17-9-8-16(22)15-19(17)28/h3-4,7-9,11,15H,2,5-6,10,12-14H2,1H3,(H2-,22,23,25,28)/p+1. The molecule has 2 aliphatic rings. The molecule has 0 aromatic carbocycles. The normalized spacial score (nSPS) is 20.5. The number of rotatable bonds is 5. The molecule has 1 aliphatic carbocycles. The molecule has 0 atom stereocenters. The Morgan fingerprint density at radius 3 is 2.86 bits per heavy atom. The van der Waals surface area contributed by atoms with Gasteiger partial charge in [0.15, 0.2) is 5.82 Å². The number of ketones is 1. The van der Waals surface area contributed by atoms with Crippen LogP contribution in [-0.2, 0) is 4.79 Å². The topological polar surface area (TPSA) is 84.8 Å². The number of likely N-dealkylation sites (tertiary alicyclic amines) is 1. The Balaban J connectivity index is 1.59. The summed E-state index contributed by atoms with van der Waals surface area (Å²) in [6, 6.07) is 5.83. The number of quaternary nitrogens is 1. The highest BCUT2D eigenvalue weighted by atomic mass is 16.1. The van der Waals surface area contributed by atoms with Crippen molar-refractivity contribution in [2.45, 2.75) is 19.3 Å². The van der Waals surface area contributed by atoms with E-state index in [1.54, 1.807) is 16.7 Å². The van der Waals surface area contributed by atoms with Crippen molar-refractivity contribution >= 4 is 28.5 Å². The highest BCUT2D eigenvalue weighted by Crippen LogP contribution is 2.30. The number of nitrogens with zero attached hydrogens (tertiary/aromatic N) is 4. The molecule has 2 aromatic heterocycles. The number of nitrogens with two attached hydrogens (primary N) is 1. The zero-order valence-corrected chi connectivity index (χ0v) is 16.3. The van der Waals surface area contributed by atoms with Gasteiger partial charge in [-0.05, 0) is 43.5 Å². The maximum Gasteiger partial charge on any atom is 0.206 e. The zero-order valence-electron chi connectivity index (χ0n) is 16.3. The van der Waals surface area contributed by atoms with Gasteiger partial charge in [-0.3, -0.25) is 4.79 Å². The van der Waals surface area contributed by atoms with Crippen molar-refractivity contribution in [2.24, 2.45) is 10.7 Å². The van der Waals surface area contributed by atoms with Gasteiger partial charge in [-0.2, -0.15) is 0 Å². The number of allylic oxidation sites excluding steroid dienone is 3. The Kier molecular flexibility index (Phi) is 5.00. The second kappa shape index (κ2) is 7.59. The Morgan fingerprint density at radius 2 is 2.07 bits per heavy atom. The van der Waals surface area contributed by atoms with Crippen molar-refractivity contribution in [3.63, 3.8) is 0 Å². The van der Waals surface area contributed by atoms with E-state index >= 15 is 0 Å². The van der Waals surface area contributed by atoms with E-state index in [0.717, 1.165) is 23.1 Å². The highest BCUT2D eigenvalue weighted by molar-refractivity contribution is 6.49. The van der Waals surface area contributed by atoms with Gasteiger partial charge in [0.05, 0.1) is 38.7 Å². The molecule has 7 nitrogen and oxygen atoms in total. The van der Waals surface area contributed by atoms with E-state index in [4.69, 9.17) is 5.73 Å².